The molecule has 9 heteroatoms. The monoisotopic (exact) mass is 380 g/mol. The molecule has 0 aliphatic carbocycles. The molecule has 0 saturated heterocycles. The van der Waals surface area contributed by atoms with Crippen LogP contribution in [-0.2, 0) is 11.3 Å². The number of imidazole rings is 1. The van der Waals surface area contributed by atoms with Crippen LogP contribution in [0, 0.1) is 0 Å². The first-order chi connectivity index (χ1) is 13.2. The van der Waals surface area contributed by atoms with Crippen molar-refractivity contribution in [1.29, 1.82) is 0 Å². The van der Waals surface area contributed by atoms with E-state index in [0.717, 1.165) is 5.56 Å². The second-order valence-electron chi connectivity index (χ2n) is 5.65. The zero-order chi connectivity index (χ0) is 18.6. The van der Waals surface area contributed by atoms with Gasteiger partial charge in [-0.3, -0.25) is 9.78 Å². The molecule has 1 N–H and O–H groups in total. The van der Waals surface area contributed by atoms with E-state index in [1.165, 1.54) is 6.33 Å². The van der Waals surface area contributed by atoms with Crippen molar-refractivity contribution in [1.82, 2.24) is 24.7 Å². The van der Waals surface area contributed by atoms with Gasteiger partial charge in [-0.2, -0.15) is 4.98 Å². The number of aromatic nitrogens is 5. The van der Waals surface area contributed by atoms with E-state index in [1.54, 1.807) is 59.6 Å². The Hall–Kier alpha value is -3.52. The molecule has 0 spiro atoms. The van der Waals surface area contributed by atoms with Gasteiger partial charge >= 0.3 is 0 Å². The number of rotatable bonds is 5. The normalized spacial score (nSPS) is 10.7. The first-order valence-corrected chi connectivity index (χ1v) is 8.37. The van der Waals surface area contributed by atoms with Crippen molar-refractivity contribution in [3.05, 3.63) is 66.3 Å². The lowest BCUT2D eigenvalue weighted by molar-refractivity contribution is -0.116. The van der Waals surface area contributed by atoms with E-state index in [4.69, 9.17) is 16.1 Å². The summed E-state index contributed by atoms with van der Waals surface area (Å²) in [7, 11) is 0. The molecule has 134 valence electrons. The van der Waals surface area contributed by atoms with Gasteiger partial charge in [0.1, 0.15) is 12.2 Å². The second kappa shape index (κ2) is 7.38. The van der Waals surface area contributed by atoms with Gasteiger partial charge in [0.25, 0.3) is 5.89 Å². The summed E-state index contributed by atoms with van der Waals surface area (Å²) in [6, 6.07) is 10.5. The van der Waals surface area contributed by atoms with Crippen LogP contribution in [0.4, 0.5) is 5.69 Å². The van der Waals surface area contributed by atoms with E-state index in [1.807, 2.05) is 0 Å². The van der Waals surface area contributed by atoms with Crippen LogP contribution in [0.25, 0.3) is 23.0 Å². The number of nitrogens with zero attached hydrogens (tertiary/aromatic N) is 5. The number of carbonyl (C=O) groups is 1. The number of anilines is 1. The van der Waals surface area contributed by atoms with Crippen LogP contribution in [0.5, 0.6) is 0 Å². The number of benzene rings is 1. The van der Waals surface area contributed by atoms with Gasteiger partial charge in [-0.25, -0.2) is 4.98 Å². The molecular weight excluding hydrogens is 368 g/mol. The minimum Gasteiger partial charge on any atom is -0.334 e. The Morgan fingerprint density at radius 2 is 2.07 bits per heavy atom. The van der Waals surface area contributed by atoms with E-state index in [2.05, 4.69) is 25.4 Å². The highest BCUT2D eigenvalue weighted by Gasteiger charge is 2.13. The van der Waals surface area contributed by atoms with Crippen molar-refractivity contribution in [2.75, 3.05) is 5.32 Å². The van der Waals surface area contributed by atoms with Gasteiger partial charge in [0.05, 0.1) is 6.33 Å². The summed E-state index contributed by atoms with van der Waals surface area (Å²) in [5.41, 5.74) is 1.91. The molecule has 0 saturated carbocycles. The van der Waals surface area contributed by atoms with Crippen LogP contribution >= 0.6 is 11.6 Å². The quantitative estimate of drug-likeness (QED) is 0.570. The topological polar surface area (TPSA) is 98.7 Å². The Labute approximate surface area is 158 Å². The highest BCUT2D eigenvalue weighted by molar-refractivity contribution is 6.30. The number of hydrogen-bond acceptors (Lipinski definition) is 6. The summed E-state index contributed by atoms with van der Waals surface area (Å²) >= 11 is 5.91. The van der Waals surface area contributed by atoms with Crippen LogP contribution in [0.15, 0.2) is 65.8 Å². The molecule has 0 unspecified atom stereocenters. The Bertz CT molecular complexity index is 1080. The lowest BCUT2D eigenvalue weighted by atomic mass is 10.3. The van der Waals surface area contributed by atoms with Gasteiger partial charge < -0.3 is 14.4 Å². The zero-order valence-electron chi connectivity index (χ0n) is 13.9. The third-order valence-corrected chi connectivity index (χ3v) is 3.89. The molecular formula is C18H13ClN6O2. The first kappa shape index (κ1) is 16.9. The summed E-state index contributed by atoms with van der Waals surface area (Å²) in [4.78, 5) is 24.7. The molecule has 4 aromatic rings. The largest absolute Gasteiger partial charge is 0.334 e. The van der Waals surface area contributed by atoms with Crippen molar-refractivity contribution in [3.8, 4) is 23.0 Å². The number of hydrogen-bond donors (Lipinski definition) is 1. The van der Waals surface area contributed by atoms with Crippen LogP contribution in [0.3, 0.4) is 0 Å². The Morgan fingerprint density at radius 3 is 2.89 bits per heavy atom. The fourth-order valence-electron chi connectivity index (χ4n) is 2.43. The van der Waals surface area contributed by atoms with Crippen LogP contribution in [0.2, 0.25) is 5.02 Å². The zero-order valence-corrected chi connectivity index (χ0v) is 14.7. The lowest BCUT2D eigenvalue weighted by Crippen LogP contribution is -2.17. The van der Waals surface area contributed by atoms with E-state index < -0.39 is 0 Å². The summed E-state index contributed by atoms with van der Waals surface area (Å²) in [6.07, 6.45) is 6.51. The molecule has 27 heavy (non-hydrogen) atoms. The Morgan fingerprint density at radius 1 is 1.22 bits per heavy atom. The highest BCUT2D eigenvalue weighted by Crippen LogP contribution is 2.20. The van der Waals surface area contributed by atoms with Crippen LogP contribution < -0.4 is 5.32 Å². The average molecular weight is 381 g/mol. The predicted molar refractivity (Wildman–Crippen MR) is 98.8 cm³/mol. The SMILES string of the molecule is O=C(Cn1cnc(-c2noc(-c3ccncc3)n2)c1)Nc1cccc(Cl)c1. The maximum atomic E-state index is 12.2. The lowest BCUT2D eigenvalue weighted by Gasteiger charge is -2.05. The highest BCUT2D eigenvalue weighted by atomic mass is 35.5. The maximum absolute atomic E-state index is 12.2. The molecule has 0 aliphatic heterocycles. The summed E-state index contributed by atoms with van der Waals surface area (Å²) in [6.45, 7) is 0.0918. The Kier molecular flexibility index (Phi) is 4.63. The molecule has 1 amide bonds. The van der Waals surface area contributed by atoms with E-state index in [-0.39, 0.29) is 12.5 Å². The molecule has 8 nitrogen and oxygen atoms in total. The van der Waals surface area contributed by atoms with Crippen molar-refractivity contribution < 1.29 is 9.32 Å². The van der Waals surface area contributed by atoms with Gasteiger partial charge in [-0.1, -0.05) is 22.8 Å². The molecule has 0 fully saturated rings. The smallest absolute Gasteiger partial charge is 0.258 e. The summed E-state index contributed by atoms with van der Waals surface area (Å²) < 4.78 is 6.89. The van der Waals surface area contributed by atoms with Crippen LogP contribution in [0.1, 0.15) is 0 Å². The molecule has 0 atom stereocenters. The molecule has 3 aromatic heterocycles. The number of carbonyl (C=O) groups excluding carboxylic acids is 1. The number of nitrogens with one attached hydrogen (secondary N) is 1. The van der Waals surface area contributed by atoms with Gasteiger partial charge in [-0.15, -0.1) is 0 Å². The minimum absolute atomic E-state index is 0.0918. The number of pyridine rings is 1. The standard InChI is InChI=1S/C18H13ClN6O2/c19-13-2-1-3-14(8-13)22-16(26)10-25-9-15(21-11-25)17-23-18(27-24-17)12-4-6-20-7-5-12/h1-9,11H,10H2,(H,22,26). The predicted octanol–water partition coefficient (Wildman–Crippen LogP) is 3.29. The summed E-state index contributed by atoms with van der Waals surface area (Å²) in [5, 5.41) is 7.27. The molecule has 1 aromatic carbocycles. The van der Waals surface area contributed by atoms with E-state index in [0.29, 0.717) is 28.1 Å². The van der Waals surface area contributed by atoms with Crippen molar-refractivity contribution in [2.24, 2.45) is 0 Å². The third kappa shape index (κ3) is 4.01. The van der Waals surface area contributed by atoms with Gasteiger partial charge in [0.2, 0.25) is 11.7 Å². The minimum atomic E-state index is -0.202. The average Bonchev–Trinajstić information content (AvgIpc) is 3.32. The van der Waals surface area contributed by atoms with Gasteiger partial charge in [-0.05, 0) is 30.3 Å². The first-order valence-electron chi connectivity index (χ1n) is 7.99. The summed E-state index contributed by atoms with van der Waals surface area (Å²) in [5.74, 6) is 0.517. The van der Waals surface area contributed by atoms with Gasteiger partial charge in [0.15, 0.2) is 0 Å². The van der Waals surface area contributed by atoms with Crippen LogP contribution in [-0.4, -0.2) is 30.6 Å². The molecule has 3 heterocycles. The molecule has 4 rings (SSSR count). The molecule has 0 radical (unpaired) electrons. The Balaban J connectivity index is 1.44. The molecule has 0 bridgehead atoms. The number of halogens is 1. The fraction of sp³-hybridized carbons (Fsp3) is 0.0556. The number of amides is 1. The van der Waals surface area contributed by atoms with Crippen molar-refractivity contribution in [2.45, 2.75) is 6.54 Å². The third-order valence-electron chi connectivity index (χ3n) is 3.65. The van der Waals surface area contributed by atoms with Crippen molar-refractivity contribution >= 4 is 23.2 Å². The van der Waals surface area contributed by atoms with Crippen molar-refractivity contribution in [3.63, 3.8) is 0 Å². The van der Waals surface area contributed by atoms with E-state index in [9.17, 15) is 4.79 Å². The van der Waals surface area contributed by atoms with Gasteiger partial charge in [0, 0.05) is 34.9 Å². The second-order valence-corrected chi connectivity index (χ2v) is 6.09. The maximum Gasteiger partial charge on any atom is 0.258 e. The van der Waals surface area contributed by atoms with E-state index >= 15 is 0 Å². The molecule has 0 aliphatic rings. The fourth-order valence-corrected chi connectivity index (χ4v) is 2.62.